The molecule has 3 atom stereocenters. The normalized spacial score (nSPS) is 28.7. The number of aliphatic carboxylic acids is 1. The van der Waals surface area contributed by atoms with Crippen LogP contribution in [0.2, 0.25) is 0 Å². The summed E-state index contributed by atoms with van der Waals surface area (Å²) in [7, 11) is 0. The minimum Gasteiger partial charge on any atom is -0.480 e. The topological polar surface area (TPSA) is 69.6 Å². The zero-order chi connectivity index (χ0) is 13.1. The van der Waals surface area contributed by atoms with Crippen molar-refractivity contribution in [1.29, 1.82) is 0 Å². The fraction of sp³-hybridized carbons (Fsp3) is 0.692. The number of amides is 2. The average Bonchev–Trinajstić information content (AvgIpc) is 2.89. The van der Waals surface area contributed by atoms with Crippen molar-refractivity contribution in [2.24, 2.45) is 11.8 Å². The van der Waals surface area contributed by atoms with Gasteiger partial charge in [0.25, 0.3) is 0 Å². The molecule has 0 aromatic rings. The highest BCUT2D eigenvalue weighted by Crippen LogP contribution is 2.44. The van der Waals surface area contributed by atoms with Gasteiger partial charge in [-0.15, -0.1) is 6.42 Å². The van der Waals surface area contributed by atoms with Gasteiger partial charge in [0, 0.05) is 6.04 Å². The van der Waals surface area contributed by atoms with Crippen molar-refractivity contribution >= 4 is 12.0 Å². The number of carbonyl (C=O) groups excluding carboxylic acids is 1. The molecule has 0 aromatic carbocycles. The number of carbonyl (C=O) groups is 2. The lowest BCUT2D eigenvalue weighted by molar-refractivity contribution is -0.137. The van der Waals surface area contributed by atoms with Crippen molar-refractivity contribution < 1.29 is 14.7 Å². The maximum Gasteiger partial charge on any atom is 0.323 e. The summed E-state index contributed by atoms with van der Waals surface area (Å²) in [4.78, 5) is 23.8. The lowest BCUT2D eigenvalue weighted by atomic mass is 9.95. The first-order valence-electron chi connectivity index (χ1n) is 6.31. The summed E-state index contributed by atoms with van der Waals surface area (Å²) in [5, 5.41) is 11.7. The molecular formula is C13H18N2O3. The van der Waals surface area contributed by atoms with Gasteiger partial charge in [-0.05, 0) is 31.1 Å². The first-order valence-corrected chi connectivity index (χ1v) is 6.31. The van der Waals surface area contributed by atoms with Gasteiger partial charge in [-0.2, -0.15) is 0 Å². The second-order valence-corrected chi connectivity index (χ2v) is 5.18. The number of nitrogens with one attached hydrogen (secondary N) is 1. The summed E-state index contributed by atoms with van der Waals surface area (Å²) < 4.78 is 0. The Balaban J connectivity index is 1.89. The van der Waals surface area contributed by atoms with Crippen LogP contribution in [0.3, 0.4) is 0 Å². The second-order valence-electron chi connectivity index (χ2n) is 5.18. The fourth-order valence-electron chi connectivity index (χ4n) is 3.14. The second kappa shape index (κ2) is 5.30. The molecule has 2 rings (SSSR count). The van der Waals surface area contributed by atoms with E-state index in [0.29, 0.717) is 5.92 Å². The molecule has 0 aromatic heterocycles. The lowest BCUT2D eigenvalue weighted by Crippen LogP contribution is -2.48. The van der Waals surface area contributed by atoms with Crippen molar-refractivity contribution in [3.8, 4) is 12.3 Å². The summed E-state index contributed by atoms with van der Waals surface area (Å²) in [6.45, 7) is -0.324. The predicted molar refractivity (Wildman–Crippen MR) is 65.8 cm³/mol. The lowest BCUT2D eigenvalue weighted by Gasteiger charge is -2.26. The molecule has 18 heavy (non-hydrogen) atoms. The molecule has 5 nitrogen and oxygen atoms in total. The SMILES string of the molecule is C#CCN(CC(=O)O)C(=O)NC1CC2CCC1C2. The van der Waals surface area contributed by atoms with E-state index in [4.69, 9.17) is 11.5 Å². The molecule has 0 saturated heterocycles. The molecule has 2 saturated carbocycles. The van der Waals surface area contributed by atoms with E-state index in [1.54, 1.807) is 0 Å². The summed E-state index contributed by atoms with van der Waals surface area (Å²) in [5.41, 5.74) is 0. The first kappa shape index (κ1) is 12.7. The molecule has 0 radical (unpaired) electrons. The van der Waals surface area contributed by atoms with E-state index in [2.05, 4.69) is 11.2 Å². The van der Waals surface area contributed by atoms with Gasteiger partial charge < -0.3 is 15.3 Å². The number of terminal acetylenes is 1. The number of nitrogens with zero attached hydrogens (tertiary/aromatic N) is 1. The number of carboxylic acid groups (broad SMARTS) is 1. The zero-order valence-corrected chi connectivity index (χ0v) is 10.3. The van der Waals surface area contributed by atoms with E-state index in [0.717, 1.165) is 17.2 Å². The van der Waals surface area contributed by atoms with Crippen LogP contribution in [0.1, 0.15) is 25.7 Å². The molecule has 2 fully saturated rings. The van der Waals surface area contributed by atoms with Gasteiger partial charge in [0.2, 0.25) is 0 Å². The molecule has 0 aliphatic heterocycles. The zero-order valence-electron chi connectivity index (χ0n) is 10.3. The van der Waals surface area contributed by atoms with Crippen LogP contribution in [0.15, 0.2) is 0 Å². The van der Waals surface area contributed by atoms with Crippen LogP contribution in [-0.4, -0.2) is 41.1 Å². The van der Waals surface area contributed by atoms with Gasteiger partial charge in [-0.3, -0.25) is 4.79 Å². The smallest absolute Gasteiger partial charge is 0.323 e. The Bertz CT molecular complexity index is 388. The summed E-state index contributed by atoms with van der Waals surface area (Å²) in [6, 6.07) is -0.154. The number of urea groups is 1. The van der Waals surface area contributed by atoms with Crippen LogP contribution >= 0.6 is 0 Å². The van der Waals surface area contributed by atoms with Crippen molar-refractivity contribution in [3.63, 3.8) is 0 Å². The van der Waals surface area contributed by atoms with Gasteiger partial charge in [-0.25, -0.2) is 4.79 Å². The Morgan fingerprint density at radius 2 is 2.17 bits per heavy atom. The molecule has 0 heterocycles. The average molecular weight is 250 g/mol. The number of hydrogen-bond donors (Lipinski definition) is 2. The minimum atomic E-state index is -1.05. The predicted octanol–water partition coefficient (Wildman–Crippen LogP) is 0.904. The highest BCUT2D eigenvalue weighted by molar-refractivity contribution is 5.80. The number of hydrogen-bond acceptors (Lipinski definition) is 2. The largest absolute Gasteiger partial charge is 0.480 e. The summed E-state index contributed by atoms with van der Waals surface area (Å²) >= 11 is 0. The molecule has 2 amide bonds. The molecule has 2 aliphatic rings. The highest BCUT2D eigenvalue weighted by Gasteiger charge is 2.40. The maximum atomic E-state index is 12.0. The molecular weight excluding hydrogens is 232 g/mol. The molecule has 5 heteroatoms. The summed E-state index contributed by atoms with van der Waals surface area (Å²) in [6.07, 6.45) is 9.80. The minimum absolute atomic E-state index is 0.0267. The standard InChI is InChI=1S/C13H18N2O3/c1-2-5-15(8-12(16)17)13(18)14-11-7-9-3-4-10(11)6-9/h1,9-11H,3-8H2,(H,14,18)(H,16,17). The molecule has 2 bridgehead atoms. The third-order valence-corrected chi connectivity index (χ3v) is 3.94. The van der Waals surface area contributed by atoms with Crippen molar-refractivity contribution in [2.45, 2.75) is 31.7 Å². The van der Waals surface area contributed by atoms with Gasteiger partial charge in [0.05, 0.1) is 6.54 Å². The molecule has 3 unspecified atom stereocenters. The molecule has 0 spiro atoms. The van der Waals surface area contributed by atoms with E-state index < -0.39 is 5.97 Å². The Hall–Kier alpha value is -1.70. The number of fused-ring (bicyclic) bond motifs is 2. The van der Waals surface area contributed by atoms with E-state index in [9.17, 15) is 9.59 Å². The van der Waals surface area contributed by atoms with Crippen LogP contribution in [0.25, 0.3) is 0 Å². The molecule has 2 N–H and O–H groups in total. The fourth-order valence-corrected chi connectivity index (χ4v) is 3.14. The molecule has 98 valence electrons. The monoisotopic (exact) mass is 250 g/mol. The van der Waals surface area contributed by atoms with Gasteiger partial charge in [-0.1, -0.05) is 12.3 Å². The van der Waals surface area contributed by atoms with Crippen molar-refractivity contribution in [2.75, 3.05) is 13.1 Å². The Kier molecular flexibility index (Phi) is 3.75. The quantitative estimate of drug-likeness (QED) is 0.728. The van der Waals surface area contributed by atoms with Crippen LogP contribution < -0.4 is 5.32 Å². The van der Waals surface area contributed by atoms with E-state index in [-0.39, 0.29) is 25.2 Å². The molecule has 2 aliphatic carbocycles. The van der Waals surface area contributed by atoms with E-state index >= 15 is 0 Å². The number of rotatable bonds is 4. The first-order chi connectivity index (χ1) is 8.60. The van der Waals surface area contributed by atoms with Crippen LogP contribution in [0.4, 0.5) is 4.79 Å². The van der Waals surface area contributed by atoms with E-state index in [1.807, 2.05) is 0 Å². The van der Waals surface area contributed by atoms with Crippen LogP contribution in [0.5, 0.6) is 0 Å². The van der Waals surface area contributed by atoms with E-state index in [1.165, 1.54) is 19.3 Å². The Morgan fingerprint density at radius 3 is 2.67 bits per heavy atom. The van der Waals surface area contributed by atoms with Crippen LogP contribution in [-0.2, 0) is 4.79 Å². The highest BCUT2D eigenvalue weighted by atomic mass is 16.4. The van der Waals surface area contributed by atoms with Crippen LogP contribution in [0, 0.1) is 24.2 Å². The van der Waals surface area contributed by atoms with Crippen molar-refractivity contribution in [1.82, 2.24) is 10.2 Å². The Morgan fingerprint density at radius 1 is 1.39 bits per heavy atom. The third kappa shape index (κ3) is 2.76. The third-order valence-electron chi connectivity index (χ3n) is 3.94. The van der Waals surface area contributed by atoms with Gasteiger partial charge in [0.15, 0.2) is 0 Å². The number of carboxylic acids is 1. The maximum absolute atomic E-state index is 12.0. The van der Waals surface area contributed by atoms with Gasteiger partial charge >= 0.3 is 12.0 Å². The van der Waals surface area contributed by atoms with Gasteiger partial charge in [0.1, 0.15) is 6.54 Å². The summed E-state index contributed by atoms with van der Waals surface area (Å²) in [5.74, 6) is 2.57. The van der Waals surface area contributed by atoms with Crippen molar-refractivity contribution in [3.05, 3.63) is 0 Å². The Labute approximate surface area is 107 Å².